The van der Waals surface area contributed by atoms with Crippen LogP contribution in [0, 0.1) is 5.41 Å². The number of aromatic nitrogens is 5. The molecule has 1 fully saturated rings. The number of carbonyl (C=O) groups excluding carboxylic acids is 1. The largest absolute Gasteiger partial charge is 0.442 e. The van der Waals surface area contributed by atoms with E-state index in [2.05, 4.69) is 54.1 Å². The van der Waals surface area contributed by atoms with Gasteiger partial charge in [0.2, 0.25) is 5.82 Å². The SMILES string of the molecule is CC(=O)c1nc(Sc2ccnc(-c3ncco3)n2)cnc1N1CCC2(CC1)Cc1ccccc1[C@H]2N. The van der Waals surface area contributed by atoms with Crippen molar-refractivity contribution in [1.29, 1.82) is 0 Å². The molecule has 2 aliphatic rings. The molecule has 9 nitrogen and oxygen atoms in total. The first-order valence-electron chi connectivity index (χ1n) is 11.9. The summed E-state index contributed by atoms with van der Waals surface area (Å²) in [6.45, 7) is 3.10. The van der Waals surface area contributed by atoms with Gasteiger partial charge in [-0.1, -0.05) is 24.3 Å². The van der Waals surface area contributed by atoms with Crippen LogP contribution in [0.1, 0.15) is 47.4 Å². The number of anilines is 1. The highest BCUT2D eigenvalue weighted by molar-refractivity contribution is 7.99. The fourth-order valence-corrected chi connectivity index (χ4v) is 6.01. The number of nitrogens with zero attached hydrogens (tertiary/aromatic N) is 6. The summed E-state index contributed by atoms with van der Waals surface area (Å²) in [5.74, 6) is 1.24. The van der Waals surface area contributed by atoms with Crippen LogP contribution >= 0.6 is 11.8 Å². The number of ketones is 1. The Morgan fingerprint density at radius 2 is 1.92 bits per heavy atom. The third kappa shape index (κ3) is 4.06. The highest BCUT2D eigenvalue weighted by Crippen LogP contribution is 2.51. The summed E-state index contributed by atoms with van der Waals surface area (Å²) < 4.78 is 5.29. The fraction of sp³-hybridized carbons (Fsp3) is 0.308. The lowest BCUT2D eigenvalue weighted by atomic mass is 9.73. The first-order chi connectivity index (χ1) is 17.5. The molecule has 4 aromatic rings. The molecule has 0 radical (unpaired) electrons. The van der Waals surface area contributed by atoms with Gasteiger partial charge in [0.25, 0.3) is 5.89 Å². The maximum atomic E-state index is 12.6. The van der Waals surface area contributed by atoms with E-state index >= 15 is 0 Å². The van der Waals surface area contributed by atoms with Crippen molar-refractivity contribution in [2.75, 3.05) is 18.0 Å². The van der Waals surface area contributed by atoms with E-state index in [0.29, 0.717) is 33.3 Å². The lowest BCUT2D eigenvalue weighted by molar-refractivity contribution is 0.101. The molecule has 36 heavy (non-hydrogen) atoms. The maximum absolute atomic E-state index is 12.6. The highest BCUT2D eigenvalue weighted by atomic mass is 32.2. The Hall–Kier alpha value is -3.63. The minimum Gasteiger partial charge on any atom is -0.442 e. The van der Waals surface area contributed by atoms with Crippen LogP contribution in [0.4, 0.5) is 5.82 Å². The molecule has 1 spiro atoms. The van der Waals surface area contributed by atoms with E-state index in [1.54, 1.807) is 24.7 Å². The molecule has 3 aromatic heterocycles. The molecule has 6 rings (SSSR count). The van der Waals surface area contributed by atoms with Crippen molar-refractivity contribution >= 4 is 23.4 Å². The van der Waals surface area contributed by atoms with E-state index in [0.717, 1.165) is 32.4 Å². The molecule has 1 aliphatic heterocycles. The lowest BCUT2D eigenvalue weighted by Crippen LogP contribution is -2.45. The monoisotopic (exact) mass is 499 g/mol. The number of Topliss-reactive ketones (excluding diaryl/α,β-unsaturated/α-hetero) is 1. The van der Waals surface area contributed by atoms with Gasteiger partial charge in [-0.05, 0) is 53.6 Å². The van der Waals surface area contributed by atoms with Crippen LogP contribution < -0.4 is 10.6 Å². The van der Waals surface area contributed by atoms with E-state index in [-0.39, 0.29) is 17.2 Å². The Morgan fingerprint density at radius 3 is 2.67 bits per heavy atom. The summed E-state index contributed by atoms with van der Waals surface area (Å²) in [5, 5.41) is 1.24. The Balaban J connectivity index is 1.20. The standard InChI is InChI=1S/C26H25N7O2S/c1-16(34)21-24(33-11-7-26(8-12-33)14-17-4-2-3-5-18(17)22(26)27)30-15-20(31-21)36-19-6-9-28-23(32-19)25-29-10-13-35-25/h2-6,9-10,13,15,22H,7-8,11-12,14,27H2,1H3/t22-/m1/s1. The number of hydrogen-bond acceptors (Lipinski definition) is 10. The van der Waals surface area contributed by atoms with Crippen LogP contribution in [-0.2, 0) is 6.42 Å². The minimum atomic E-state index is -0.117. The second-order valence-electron chi connectivity index (χ2n) is 9.30. The third-order valence-corrected chi connectivity index (χ3v) is 8.02. The Kier molecular flexibility index (Phi) is 5.77. The fourth-order valence-electron chi connectivity index (χ4n) is 5.30. The zero-order chi connectivity index (χ0) is 24.7. The van der Waals surface area contributed by atoms with Gasteiger partial charge in [-0.3, -0.25) is 4.79 Å². The summed E-state index contributed by atoms with van der Waals surface area (Å²) in [6.07, 6.45) is 9.26. The molecule has 0 bridgehead atoms. The number of fused-ring (bicyclic) bond motifs is 1. The van der Waals surface area contributed by atoms with Gasteiger partial charge in [0.15, 0.2) is 11.6 Å². The van der Waals surface area contributed by atoms with Gasteiger partial charge < -0.3 is 15.1 Å². The normalized spacial score (nSPS) is 18.4. The molecule has 2 N–H and O–H groups in total. The van der Waals surface area contributed by atoms with Crippen LogP contribution in [-0.4, -0.2) is 43.8 Å². The number of carbonyl (C=O) groups is 1. The molecular formula is C26H25N7O2S. The number of benzene rings is 1. The molecule has 0 unspecified atom stereocenters. The molecule has 1 aromatic carbocycles. The first-order valence-corrected chi connectivity index (χ1v) is 12.7. The van der Waals surface area contributed by atoms with Crippen molar-refractivity contribution in [2.24, 2.45) is 11.1 Å². The van der Waals surface area contributed by atoms with E-state index in [1.807, 2.05) is 0 Å². The second kappa shape index (κ2) is 9.11. The lowest BCUT2D eigenvalue weighted by Gasteiger charge is -2.42. The average molecular weight is 500 g/mol. The Labute approximate surface area is 212 Å². The van der Waals surface area contributed by atoms with Crippen LogP contribution in [0.15, 0.2) is 69.7 Å². The maximum Gasteiger partial charge on any atom is 0.264 e. The predicted molar refractivity (Wildman–Crippen MR) is 135 cm³/mol. The molecule has 1 aliphatic carbocycles. The van der Waals surface area contributed by atoms with Crippen molar-refractivity contribution in [3.8, 4) is 11.7 Å². The number of nitrogens with two attached hydrogens (primary N) is 1. The van der Waals surface area contributed by atoms with Crippen LogP contribution in [0.25, 0.3) is 11.7 Å². The highest BCUT2D eigenvalue weighted by Gasteiger charge is 2.46. The van der Waals surface area contributed by atoms with Gasteiger partial charge in [0.1, 0.15) is 22.0 Å². The Bertz CT molecular complexity index is 1420. The zero-order valence-electron chi connectivity index (χ0n) is 19.8. The minimum absolute atomic E-state index is 0.0436. The Morgan fingerprint density at radius 1 is 1.08 bits per heavy atom. The van der Waals surface area contributed by atoms with Gasteiger partial charge in [-0.25, -0.2) is 24.9 Å². The van der Waals surface area contributed by atoms with Crippen molar-refractivity contribution in [1.82, 2.24) is 24.9 Å². The zero-order valence-corrected chi connectivity index (χ0v) is 20.6. The number of piperidine rings is 1. The van der Waals surface area contributed by atoms with Crippen LogP contribution in [0.2, 0.25) is 0 Å². The molecule has 182 valence electrons. The van der Waals surface area contributed by atoms with Gasteiger partial charge >= 0.3 is 0 Å². The topological polar surface area (TPSA) is 124 Å². The number of hydrogen-bond donors (Lipinski definition) is 1. The number of rotatable bonds is 5. The average Bonchev–Trinajstić information content (AvgIpc) is 3.53. The molecule has 10 heteroatoms. The first kappa shape index (κ1) is 22.8. The predicted octanol–water partition coefficient (Wildman–Crippen LogP) is 4.12. The molecule has 0 saturated carbocycles. The number of oxazole rings is 1. The molecule has 0 amide bonds. The van der Waals surface area contributed by atoms with Crippen molar-refractivity contribution in [3.63, 3.8) is 0 Å². The molecule has 1 atom stereocenters. The van der Waals surface area contributed by atoms with Gasteiger partial charge in [0.05, 0.1) is 12.4 Å². The van der Waals surface area contributed by atoms with Gasteiger partial charge in [-0.2, -0.15) is 0 Å². The van der Waals surface area contributed by atoms with E-state index in [9.17, 15) is 4.79 Å². The van der Waals surface area contributed by atoms with E-state index in [4.69, 9.17) is 10.2 Å². The van der Waals surface area contributed by atoms with Crippen molar-refractivity contribution in [2.45, 2.75) is 42.3 Å². The summed E-state index contributed by atoms with van der Waals surface area (Å²) in [4.78, 5) is 36.9. The van der Waals surface area contributed by atoms with Crippen molar-refractivity contribution < 1.29 is 9.21 Å². The van der Waals surface area contributed by atoms with E-state index < -0.39 is 0 Å². The summed E-state index contributed by atoms with van der Waals surface area (Å²) in [6, 6.07) is 10.3. The third-order valence-electron chi connectivity index (χ3n) is 7.18. The van der Waals surface area contributed by atoms with Crippen LogP contribution in [0.3, 0.4) is 0 Å². The van der Waals surface area contributed by atoms with Gasteiger partial charge in [-0.15, -0.1) is 0 Å². The summed E-state index contributed by atoms with van der Waals surface area (Å²) in [7, 11) is 0. The quantitative estimate of drug-likeness (QED) is 0.317. The van der Waals surface area contributed by atoms with Gasteiger partial charge in [0, 0.05) is 32.3 Å². The summed E-state index contributed by atoms with van der Waals surface area (Å²) in [5.41, 5.74) is 9.80. The second-order valence-corrected chi connectivity index (χ2v) is 10.3. The van der Waals surface area contributed by atoms with E-state index in [1.165, 1.54) is 36.1 Å². The van der Waals surface area contributed by atoms with Crippen molar-refractivity contribution in [3.05, 3.63) is 72.0 Å². The molecule has 4 heterocycles. The molecular weight excluding hydrogens is 474 g/mol. The van der Waals surface area contributed by atoms with Crippen LogP contribution in [0.5, 0.6) is 0 Å². The molecule has 1 saturated heterocycles. The smallest absolute Gasteiger partial charge is 0.264 e. The summed E-state index contributed by atoms with van der Waals surface area (Å²) >= 11 is 1.31.